The number of hydrogen-bond donors (Lipinski definition) is 0. The number of esters is 4. The SMILES string of the molecule is CC[C@@H]1O[C@H](COC(C)=O)[C@@H](OC(C)=O)[C@H](OC(C)=O)[C@@H]1OC(C)=O. The van der Waals surface area contributed by atoms with Crippen molar-refractivity contribution in [1.82, 2.24) is 0 Å². The van der Waals surface area contributed by atoms with Crippen LogP contribution in [0.1, 0.15) is 41.0 Å². The van der Waals surface area contributed by atoms with E-state index in [-0.39, 0.29) is 6.61 Å². The van der Waals surface area contributed by atoms with Crippen LogP contribution in [-0.4, -0.2) is 61.0 Å². The summed E-state index contributed by atoms with van der Waals surface area (Å²) in [5, 5.41) is 0. The lowest BCUT2D eigenvalue weighted by molar-refractivity contribution is -0.252. The van der Waals surface area contributed by atoms with E-state index in [1.54, 1.807) is 6.92 Å². The van der Waals surface area contributed by atoms with Crippen LogP contribution in [0.5, 0.6) is 0 Å². The van der Waals surface area contributed by atoms with E-state index in [4.69, 9.17) is 23.7 Å². The van der Waals surface area contributed by atoms with Crippen molar-refractivity contribution >= 4 is 23.9 Å². The number of hydrogen-bond acceptors (Lipinski definition) is 9. The van der Waals surface area contributed by atoms with E-state index in [9.17, 15) is 19.2 Å². The molecule has 1 rings (SSSR count). The first-order valence-corrected chi connectivity index (χ1v) is 7.96. The van der Waals surface area contributed by atoms with E-state index < -0.39 is 54.4 Å². The van der Waals surface area contributed by atoms with E-state index in [1.807, 2.05) is 0 Å². The first-order valence-electron chi connectivity index (χ1n) is 7.96. The zero-order valence-electron chi connectivity index (χ0n) is 15.0. The second kappa shape index (κ2) is 9.36. The normalized spacial score (nSPS) is 28.6. The van der Waals surface area contributed by atoms with Crippen LogP contribution in [-0.2, 0) is 42.9 Å². The molecule has 1 saturated heterocycles. The van der Waals surface area contributed by atoms with Gasteiger partial charge in [-0.05, 0) is 6.42 Å². The molecule has 0 unspecified atom stereocenters. The Balaban J connectivity index is 3.18. The molecule has 0 N–H and O–H groups in total. The van der Waals surface area contributed by atoms with Crippen molar-refractivity contribution < 1.29 is 42.9 Å². The maximum absolute atomic E-state index is 11.5. The van der Waals surface area contributed by atoms with Gasteiger partial charge in [0.25, 0.3) is 0 Å². The smallest absolute Gasteiger partial charge is 0.303 e. The molecule has 0 spiro atoms. The molecule has 0 aromatic carbocycles. The molecule has 9 heteroatoms. The van der Waals surface area contributed by atoms with Crippen LogP contribution in [0.25, 0.3) is 0 Å². The van der Waals surface area contributed by atoms with Gasteiger partial charge in [0.05, 0.1) is 6.10 Å². The van der Waals surface area contributed by atoms with E-state index in [1.165, 1.54) is 27.7 Å². The van der Waals surface area contributed by atoms with Crippen LogP contribution in [0.15, 0.2) is 0 Å². The second-order valence-electron chi connectivity index (χ2n) is 5.65. The maximum Gasteiger partial charge on any atom is 0.303 e. The van der Waals surface area contributed by atoms with Gasteiger partial charge in [-0.1, -0.05) is 6.92 Å². The third kappa shape index (κ3) is 6.33. The van der Waals surface area contributed by atoms with Crippen LogP contribution >= 0.6 is 0 Å². The van der Waals surface area contributed by atoms with Crippen molar-refractivity contribution in [2.75, 3.05) is 6.61 Å². The lowest BCUT2D eigenvalue weighted by atomic mass is 9.93. The van der Waals surface area contributed by atoms with E-state index in [2.05, 4.69) is 0 Å². The molecule has 0 aromatic rings. The topological polar surface area (TPSA) is 114 Å². The van der Waals surface area contributed by atoms with Gasteiger partial charge in [-0.15, -0.1) is 0 Å². The monoisotopic (exact) mass is 360 g/mol. The van der Waals surface area contributed by atoms with Gasteiger partial charge in [0, 0.05) is 27.7 Å². The molecule has 1 fully saturated rings. The highest BCUT2D eigenvalue weighted by molar-refractivity contribution is 5.68. The van der Waals surface area contributed by atoms with Crippen molar-refractivity contribution in [3.63, 3.8) is 0 Å². The molecule has 142 valence electrons. The third-order valence-electron chi connectivity index (χ3n) is 3.49. The zero-order valence-corrected chi connectivity index (χ0v) is 15.0. The van der Waals surface area contributed by atoms with Crippen LogP contribution in [0, 0.1) is 0 Å². The summed E-state index contributed by atoms with van der Waals surface area (Å²) >= 11 is 0. The largest absolute Gasteiger partial charge is 0.463 e. The standard InChI is InChI=1S/C16H24O9/c1-6-12-14(22-9(3)18)16(24-11(5)20)15(23-10(4)19)13(25-12)7-21-8(2)17/h12-16H,6-7H2,1-5H3/t12-,13+,14+,15+,16+/m0/s1. The number of rotatable bonds is 6. The lowest BCUT2D eigenvalue weighted by Crippen LogP contribution is -2.62. The minimum atomic E-state index is -1.09. The van der Waals surface area contributed by atoms with Crippen LogP contribution < -0.4 is 0 Å². The molecular weight excluding hydrogens is 336 g/mol. The Bertz CT molecular complexity index is 516. The maximum atomic E-state index is 11.5. The van der Waals surface area contributed by atoms with Crippen LogP contribution in [0.2, 0.25) is 0 Å². The van der Waals surface area contributed by atoms with Gasteiger partial charge in [0.15, 0.2) is 18.3 Å². The Kier molecular flexibility index (Phi) is 7.82. The highest BCUT2D eigenvalue weighted by atomic mass is 16.7. The first-order chi connectivity index (χ1) is 11.6. The number of carbonyl (C=O) groups is 4. The van der Waals surface area contributed by atoms with E-state index in [0.29, 0.717) is 6.42 Å². The molecule has 25 heavy (non-hydrogen) atoms. The van der Waals surface area contributed by atoms with Gasteiger partial charge in [0.1, 0.15) is 12.7 Å². The summed E-state index contributed by atoms with van der Waals surface area (Å²) in [6.07, 6.45) is -4.18. The molecule has 1 aliphatic heterocycles. The zero-order chi connectivity index (χ0) is 19.1. The minimum Gasteiger partial charge on any atom is -0.463 e. The van der Waals surface area contributed by atoms with Crippen molar-refractivity contribution in [3.05, 3.63) is 0 Å². The van der Waals surface area contributed by atoms with Crippen LogP contribution in [0.4, 0.5) is 0 Å². The Morgan fingerprint density at radius 3 is 1.56 bits per heavy atom. The van der Waals surface area contributed by atoms with Gasteiger partial charge < -0.3 is 23.7 Å². The summed E-state index contributed by atoms with van der Waals surface area (Å²) in [4.78, 5) is 45.5. The van der Waals surface area contributed by atoms with E-state index >= 15 is 0 Å². The quantitative estimate of drug-likeness (QED) is 0.494. The molecule has 0 amide bonds. The van der Waals surface area contributed by atoms with Gasteiger partial charge in [-0.2, -0.15) is 0 Å². The first kappa shape index (κ1) is 20.9. The molecule has 0 aromatic heterocycles. The van der Waals surface area contributed by atoms with Gasteiger partial charge in [-0.3, -0.25) is 19.2 Å². The Morgan fingerprint density at radius 1 is 0.720 bits per heavy atom. The molecule has 1 heterocycles. The van der Waals surface area contributed by atoms with Gasteiger partial charge >= 0.3 is 23.9 Å². The summed E-state index contributed by atoms with van der Waals surface area (Å²) in [6.45, 7) is 6.40. The molecular formula is C16H24O9. The van der Waals surface area contributed by atoms with Crippen molar-refractivity contribution in [1.29, 1.82) is 0 Å². The Hall–Kier alpha value is -2.16. The summed E-state index contributed by atoms with van der Waals surface area (Å²) in [6, 6.07) is 0. The molecule has 0 bridgehead atoms. The van der Waals surface area contributed by atoms with Crippen molar-refractivity contribution in [2.24, 2.45) is 0 Å². The minimum absolute atomic E-state index is 0.200. The Labute approximate surface area is 145 Å². The van der Waals surface area contributed by atoms with Gasteiger partial charge in [-0.25, -0.2) is 0 Å². The predicted octanol–water partition coefficient (Wildman–Crippen LogP) is 0.522. The molecule has 5 atom stereocenters. The highest BCUT2D eigenvalue weighted by Gasteiger charge is 2.51. The predicted molar refractivity (Wildman–Crippen MR) is 82.2 cm³/mol. The summed E-state index contributed by atoms with van der Waals surface area (Å²) in [7, 11) is 0. The third-order valence-corrected chi connectivity index (χ3v) is 3.49. The molecule has 0 aliphatic carbocycles. The average molecular weight is 360 g/mol. The summed E-state index contributed by atoms with van der Waals surface area (Å²) in [5.41, 5.74) is 0. The Morgan fingerprint density at radius 2 is 1.16 bits per heavy atom. The summed E-state index contributed by atoms with van der Waals surface area (Å²) < 4.78 is 26.5. The molecule has 1 aliphatic rings. The fourth-order valence-electron chi connectivity index (χ4n) is 2.65. The summed E-state index contributed by atoms with van der Waals surface area (Å²) in [5.74, 6) is -2.41. The van der Waals surface area contributed by atoms with Crippen LogP contribution in [0.3, 0.4) is 0 Å². The fraction of sp³-hybridized carbons (Fsp3) is 0.750. The fourth-order valence-corrected chi connectivity index (χ4v) is 2.65. The highest BCUT2D eigenvalue weighted by Crippen LogP contribution is 2.30. The molecule has 9 nitrogen and oxygen atoms in total. The average Bonchev–Trinajstić information content (AvgIpc) is 2.48. The van der Waals surface area contributed by atoms with Crippen molar-refractivity contribution in [3.8, 4) is 0 Å². The number of ether oxygens (including phenoxy) is 5. The number of carbonyl (C=O) groups excluding carboxylic acids is 4. The lowest BCUT2D eigenvalue weighted by Gasteiger charge is -2.44. The van der Waals surface area contributed by atoms with E-state index in [0.717, 1.165) is 0 Å². The van der Waals surface area contributed by atoms with Crippen molar-refractivity contribution in [2.45, 2.75) is 71.6 Å². The molecule has 0 saturated carbocycles. The van der Waals surface area contributed by atoms with Gasteiger partial charge in [0.2, 0.25) is 0 Å². The molecule has 0 radical (unpaired) electrons. The second-order valence-corrected chi connectivity index (χ2v) is 5.65.